The molecule has 0 aliphatic carbocycles. The van der Waals surface area contributed by atoms with Gasteiger partial charge in [0.1, 0.15) is 5.75 Å². The van der Waals surface area contributed by atoms with E-state index in [1.807, 2.05) is 0 Å². The van der Waals surface area contributed by atoms with Gasteiger partial charge in [0.25, 0.3) is 5.78 Å². The second-order valence-electron chi connectivity index (χ2n) is 3.69. The Morgan fingerprint density at radius 2 is 2.06 bits per heavy atom. The second-order valence-corrected chi connectivity index (χ2v) is 3.69. The minimum absolute atomic E-state index is 0.221. The van der Waals surface area contributed by atoms with Crippen LogP contribution in [0.3, 0.4) is 0 Å². The molecule has 2 aromatic rings. The number of nitrogens with one attached hydrogen (secondary N) is 1. The molecule has 0 bridgehead atoms. The lowest BCUT2D eigenvalue weighted by Crippen LogP contribution is -2.15. The first-order chi connectivity index (χ1) is 8.60. The molecule has 2 aromatic heterocycles. The first-order valence-corrected chi connectivity index (χ1v) is 5.23. The summed E-state index contributed by atoms with van der Waals surface area (Å²) in [6.45, 7) is 1.80. The summed E-state index contributed by atoms with van der Waals surface area (Å²) in [5.74, 6) is -1.19. The standard InChI is InChI=1S/C12H12N2O4/c1-6-10-9(8(17-2)5-13-6)7(4-14-10)11(15)12(16)18-3/h4-5,14H,1-3H3. The molecule has 6 nitrogen and oxygen atoms in total. The van der Waals surface area contributed by atoms with Gasteiger partial charge < -0.3 is 14.5 Å². The zero-order valence-electron chi connectivity index (χ0n) is 10.2. The zero-order valence-corrected chi connectivity index (χ0v) is 10.2. The van der Waals surface area contributed by atoms with E-state index in [1.54, 1.807) is 6.92 Å². The fourth-order valence-corrected chi connectivity index (χ4v) is 1.79. The highest BCUT2D eigenvalue weighted by Crippen LogP contribution is 2.29. The van der Waals surface area contributed by atoms with Crippen LogP contribution in [-0.2, 0) is 9.53 Å². The fraction of sp³-hybridized carbons (Fsp3) is 0.250. The molecule has 1 N–H and O–H groups in total. The van der Waals surface area contributed by atoms with Crippen LogP contribution < -0.4 is 4.74 Å². The Labute approximate surface area is 103 Å². The summed E-state index contributed by atoms with van der Waals surface area (Å²) in [7, 11) is 2.64. The summed E-state index contributed by atoms with van der Waals surface area (Å²) in [5, 5.41) is 0.542. The number of aromatic nitrogens is 2. The van der Waals surface area contributed by atoms with Gasteiger partial charge >= 0.3 is 5.97 Å². The average molecular weight is 248 g/mol. The summed E-state index contributed by atoms with van der Waals surface area (Å²) < 4.78 is 9.59. The zero-order chi connectivity index (χ0) is 13.3. The molecule has 0 amide bonds. The predicted molar refractivity (Wildman–Crippen MR) is 63.7 cm³/mol. The molecule has 0 aliphatic rings. The molecular formula is C12H12N2O4. The number of ketones is 1. The highest BCUT2D eigenvalue weighted by molar-refractivity contribution is 6.43. The number of aromatic amines is 1. The quantitative estimate of drug-likeness (QED) is 0.502. The number of methoxy groups -OCH3 is 2. The molecule has 0 unspecified atom stereocenters. The lowest BCUT2D eigenvalue weighted by atomic mass is 10.1. The van der Waals surface area contributed by atoms with E-state index < -0.39 is 11.8 Å². The molecule has 0 fully saturated rings. The summed E-state index contributed by atoms with van der Waals surface area (Å²) in [6, 6.07) is 0. The number of aryl methyl sites for hydroxylation is 1. The Morgan fingerprint density at radius 1 is 1.33 bits per heavy atom. The molecule has 0 radical (unpaired) electrons. The number of hydrogen-bond donors (Lipinski definition) is 1. The van der Waals surface area contributed by atoms with Crippen LogP contribution in [0.4, 0.5) is 0 Å². The molecule has 0 atom stereocenters. The van der Waals surface area contributed by atoms with Crippen molar-refractivity contribution in [1.82, 2.24) is 9.97 Å². The van der Waals surface area contributed by atoms with Crippen LogP contribution in [0, 0.1) is 6.92 Å². The van der Waals surface area contributed by atoms with Gasteiger partial charge in [-0.15, -0.1) is 0 Å². The average Bonchev–Trinajstić information content (AvgIpc) is 2.83. The number of fused-ring (bicyclic) bond motifs is 1. The molecular weight excluding hydrogens is 236 g/mol. The number of Topliss-reactive ketones (excluding diaryl/α,β-unsaturated/α-hetero) is 1. The van der Waals surface area contributed by atoms with Crippen LogP contribution in [0.1, 0.15) is 16.1 Å². The Kier molecular flexibility index (Phi) is 3.01. The Balaban J connectivity index is 2.70. The largest absolute Gasteiger partial charge is 0.494 e. The van der Waals surface area contributed by atoms with Crippen molar-refractivity contribution in [2.75, 3.05) is 14.2 Å². The molecule has 0 aromatic carbocycles. The highest BCUT2D eigenvalue weighted by atomic mass is 16.5. The molecule has 2 rings (SSSR count). The number of carbonyl (C=O) groups is 2. The van der Waals surface area contributed by atoms with Crippen LogP contribution in [0.2, 0.25) is 0 Å². The smallest absolute Gasteiger partial charge is 0.379 e. The summed E-state index contributed by atoms with van der Waals surface area (Å²) in [5.41, 5.74) is 1.61. The summed E-state index contributed by atoms with van der Waals surface area (Å²) in [4.78, 5) is 30.2. The van der Waals surface area contributed by atoms with Gasteiger partial charge in [-0.1, -0.05) is 0 Å². The Bertz CT molecular complexity index is 630. The van der Waals surface area contributed by atoms with Crippen molar-refractivity contribution in [2.24, 2.45) is 0 Å². The third kappa shape index (κ3) is 1.71. The highest BCUT2D eigenvalue weighted by Gasteiger charge is 2.23. The maximum Gasteiger partial charge on any atom is 0.379 e. The third-order valence-electron chi connectivity index (χ3n) is 2.70. The number of esters is 1. The van der Waals surface area contributed by atoms with E-state index in [0.29, 0.717) is 16.7 Å². The summed E-state index contributed by atoms with van der Waals surface area (Å²) in [6.07, 6.45) is 2.97. The van der Waals surface area contributed by atoms with Crippen molar-refractivity contribution in [1.29, 1.82) is 0 Å². The number of pyridine rings is 1. The molecule has 94 valence electrons. The maximum absolute atomic E-state index is 11.9. The molecule has 18 heavy (non-hydrogen) atoms. The van der Waals surface area contributed by atoms with E-state index in [1.165, 1.54) is 26.6 Å². The number of rotatable bonds is 3. The van der Waals surface area contributed by atoms with Gasteiger partial charge in [0.15, 0.2) is 0 Å². The van der Waals surface area contributed by atoms with Crippen molar-refractivity contribution < 1.29 is 19.1 Å². The number of H-pyrrole nitrogens is 1. The van der Waals surface area contributed by atoms with Crippen LogP contribution in [0.15, 0.2) is 12.4 Å². The van der Waals surface area contributed by atoms with Crippen molar-refractivity contribution >= 4 is 22.7 Å². The van der Waals surface area contributed by atoms with Gasteiger partial charge in [0.05, 0.1) is 42.6 Å². The third-order valence-corrected chi connectivity index (χ3v) is 2.70. The van der Waals surface area contributed by atoms with E-state index >= 15 is 0 Å². The van der Waals surface area contributed by atoms with Gasteiger partial charge in [-0.05, 0) is 6.92 Å². The molecule has 0 saturated heterocycles. The lowest BCUT2D eigenvalue weighted by molar-refractivity contribution is -0.135. The fourth-order valence-electron chi connectivity index (χ4n) is 1.79. The normalized spacial score (nSPS) is 10.4. The number of hydrogen-bond acceptors (Lipinski definition) is 5. The molecule has 2 heterocycles. The van der Waals surface area contributed by atoms with Gasteiger partial charge in [-0.2, -0.15) is 0 Å². The van der Waals surface area contributed by atoms with Crippen LogP contribution in [0.25, 0.3) is 10.9 Å². The van der Waals surface area contributed by atoms with E-state index in [2.05, 4.69) is 14.7 Å². The Hall–Kier alpha value is -2.37. The monoisotopic (exact) mass is 248 g/mol. The van der Waals surface area contributed by atoms with E-state index in [0.717, 1.165) is 5.69 Å². The van der Waals surface area contributed by atoms with Gasteiger partial charge in [-0.3, -0.25) is 9.78 Å². The molecule has 0 saturated carbocycles. The molecule has 6 heteroatoms. The Morgan fingerprint density at radius 3 is 2.67 bits per heavy atom. The van der Waals surface area contributed by atoms with Crippen molar-refractivity contribution in [2.45, 2.75) is 6.92 Å². The maximum atomic E-state index is 11.9. The van der Waals surface area contributed by atoms with E-state index in [-0.39, 0.29) is 5.56 Å². The van der Waals surface area contributed by atoms with Crippen molar-refractivity contribution in [3.05, 3.63) is 23.7 Å². The SMILES string of the molecule is COC(=O)C(=O)c1c[nH]c2c(C)ncc(OC)c12. The molecule has 0 spiro atoms. The topological polar surface area (TPSA) is 81.3 Å². The van der Waals surface area contributed by atoms with Crippen LogP contribution in [0.5, 0.6) is 5.75 Å². The van der Waals surface area contributed by atoms with Gasteiger partial charge in [-0.25, -0.2) is 4.79 Å². The number of ether oxygens (including phenoxy) is 2. The second kappa shape index (κ2) is 4.48. The first-order valence-electron chi connectivity index (χ1n) is 5.23. The van der Waals surface area contributed by atoms with Crippen molar-refractivity contribution in [3.63, 3.8) is 0 Å². The van der Waals surface area contributed by atoms with Crippen LogP contribution in [-0.4, -0.2) is 35.9 Å². The number of carbonyl (C=O) groups excluding carboxylic acids is 2. The van der Waals surface area contributed by atoms with E-state index in [9.17, 15) is 9.59 Å². The minimum atomic E-state index is -0.910. The van der Waals surface area contributed by atoms with Gasteiger partial charge in [0, 0.05) is 6.20 Å². The van der Waals surface area contributed by atoms with Gasteiger partial charge in [0.2, 0.25) is 0 Å². The number of nitrogens with zero attached hydrogens (tertiary/aromatic N) is 1. The van der Waals surface area contributed by atoms with Crippen LogP contribution >= 0.6 is 0 Å². The lowest BCUT2D eigenvalue weighted by Gasteiger charge is -2.04. The molecule has 0 aliphatic heterocycles. The van der Waals surface area contributed by atoms with Crippen molar-refractivity contribution in [3.8, 4) is 5.75 Å². The summed E-state index contributed by atoms with van der Waals surface area (Å²) >= 11 is 0. The predicted octanol–water partition coefficient (Wildman–Crippen LogP) is 1.24. The first kappa shape index (κ1) is 12.1. The van der Waals surface area contributed by atoms with E-state index in [4.69, 9.17) is 4.74 Å². The minimum Gasteiger partial charge on any atom is -0.494 e.